The second kappa shape index (κ2) is 5.57. The van der Waals surface area contributed by atoms with Gasteiger partial charge in [0.25, 0.3) is 11.1 Å². The van der Waals surface area contributed by atoms with Crippen molar-refractivity contribution >= 4 is 24.7 Å². The molecule has 14 heteroatoms. The molecule has 26 heavy (non-hydrogen) atoms. The van der Waals surface area contributed by atoms with Crippen molar-refractivity contribution in [3.8, 4) is 0 Å². The molecular formula is C12H16N5O8P. The van der Waals surface area contributed by atoms with Crippen LogP contribution in [0.5, 0.6) is 0 Å². The fraction of sp³-hybridized carbons (Fsp3) is 0.583. The number of anilines is 1. The smallest absolute Gasteiger partial charge is 0.384 e. The second-order valence-electron chi connectivity index (χ2n) is 6.13. The lowest BCUT2D eigenvalue weighted by atomic mass is 10.1. The number of nitrogens with two attached hydrogens (primary N) is 1. The minimum Gasteiger partial charge on any atom is -0.394 e. The van der Waals surface area contributed by atoms with Gasteiger partial charge in [-0.15, -0.1) is 0 Å². The predicted molar refractivity (Wildman–Crippen MR) is 83.8 cm³/mol. The molecule has 4 rings (SSSR count). The third-order valence-electron chi connectivity index (χ3n) is 4.43. The van der Waals surface area contributed by atoms with Gasteiger partial charge in [0.2, 0.25) is 5.95 Å². The van der Waals surface area contributed by atoms with Crippen LogP contribution in [0.4, 0.5) is 5.95 Å². The standard InChI is InChI=1S/C12H16N5O8P/c1-12(26(20,21)22)24-6-4(2-18)23-10(7(6)25-12)17-3-14-5-8(17)15-11(13)16-9(5)19/h3-4,6-7,10,18H,2H2,1H3,(H2,20,21,22)(H3,13,15,16,19)/t4-,6-,7-,10-,12+/m1/s1. The molecule has 0 unspecified atom stereocenters. The normalized spacial score (nSPS) is 34.5. The molecule has 2 aromatic rings. The minimum atomic E-state index is -4.78. The van der Waals surface area contributed by atoms with E-state index in [0.29, 0.717) is 0 Å². The Balaban J connectivity index is 1.79. The Morgan fingerprint density at radius 3 is 2.77 bits per heavy atom. The number of fused-ring (bicyclic) bond motifs is 2. The van der Waals surface area contributed by atoms with Crippen LogP contribution in [0.15, 0.2) is 11.1 Å². The molecular weight excluding hydrogens is 373 g/mol. The first-order chi connectivity index (χ1) is 12.1. The van der Waals surface area contributed by atoms with Crippen molar-refractivity contribution in [1.29, 1.82) is 0 Å². The summed E-state index contributed by atoms with van der Waals surface area (Å²) < 4.78 is 29.7. The van der Waals surface area contributed by atoms with Crippen LogP contribution in [0.2, 0.25) is 0 Å². The monoisotopic (exact) mass is 389 g/mol. The van der Waals surface area contributed by atoms with Crippen molar-refractivity contribution in [2.45, 2.75) is 37.0 Å². The number of nitrogens with one attached hydrogen (secondary N) is 1. The molecule has 2 fully saturated rings. The fourth-order valence-corrected chi connectivity index (χ4v) is 3.66. The Kier molecular flexibility index (Phi) is 3.76. The molecule has 4 heterocycles. The molecule has 0 spiro atoms. The van der Waals surface area contributed by atoms with Gasteiger partial charge in [0.15, 0.2) is 17.4 Å². The maximum Gasteiger partial charge on any atom is 0.384 e. The Bertz CT molecular complexity index is 970. The van der Waals surface area contributed by atoms with E-state index in [0.717, 1.165) is 6.92 Å². The summed E-state index contributed by atoms with van der Waals surface area (Å²) in [6.45, 7) is 0.644. The van der Waals surface area contributed by atoms with Crippen LogP contribution in [-0.4, -0.2) is 64.9 Å². The number of aliphatic hydroxyl groups excluding tert-OH is 1. The molecule has 0 aromatic carbocycles. The highest BCUT2D eigenvalue weighted by molar-refractivity contribution is 7.53. The van der Waals surface area contributed by atoms with Crippen LogP contribution < -0.4 is 11.3 Å². The van der Waals surface area contributed by atoms with Gasteiger partial charge in [-0.05, 0) is 0 Å². The highest BCUT2D eigenvalue weighted by Gasteiger charge is 2.63. The molecule has 5 atom stereocenters. The van der Waals surface area contributed by atoms with Gasteiger partial charge < -0.3 is 34.8 Å². The quantitative estimate of drug-likeness (QED) is 0.373. The molecule has 0 aliphatic carbocycles. The molecule has 0 amide bonds. The van der Waals surface area contributed by atoms with E-state index in [2.05, 4.69) is 15.0 Å². The summed E-state index contributed by atoms with van der Waals surface area (Å²) in [5.41, 5.74) is 2.93. The first-order valence-corrected chi connectivity index (χ1v) is 9.16. The van der Waals surface area contributed by atoms with Gasteiger partial charge in [0.1, 0.15) is 18.3 Å². The average molecular weight is 389 g/mol. The Morgan fingerprint density at radius 2 is 2.12 bits per heavy atom. The predicted octanol–water partition coefficient (Wildman–Crippen LogP) is -1.77. The van der Waals surface area contributed by atoms with Gasteiger partial charge in [-0.2, -0.15) is 4.98 Å². The van der Waals surface area contributed by atoms with Crippen molar-refractivity contribution in [3.05, 3.63) is 16.7 Å². The van der Waals surface area contributed by atoms with Crippen LogP contribution in [-0.2, 0) is 18.8 Å². The molecule has 2 aromatic heterocycles. The van der Waals surface area contributed by atoms with Gasteiger partial charge in [-0.3, -0.25) is 18.9 Å². The van der Waals surface area contributed by atoms with E-state index < -0.39 is 49.8 Å². The molecule has 0 radical (unpaired) electrons. The number of hydrogen-bond acceptors (Lipinski definition) is 9. The maximum absolute atomic E-state index is 11.9. The van der Waals surface area contributed by atoms with Crippen LogP contribution in [0.1, 0.15) is 13.2 Å². The summed E-state index contributed by atoms with van der Waals surface area (Å²) >= 11 is 0. The number of aromatic amines is 1. The molecule has 2 aliphatic rings. The number of H-pyrrole nitrogens is 1. The lowest BCUT2D eigenvalue weighted by Crippen LogP contribution is -2.33. The highest BCUT2D eigenvalue weighted by atomic mass is 31.2. The lowest BCUT2D eigenvalue weighted by molar-refractivity contribution is -0.174. The largest absolute Gasteiger partial charge is 0.394 e. The van der Waals surface area contributed by atoms with Crippen molar-refractivity contribution < 1.29 is 33.7 Å². The van der Waals surface area contributed by atoms with E-state index in [1.807, 2.05) is 0 Å². The maximum atomic E-state index is 11.9. The van der Waals surface area contributed by atoms with Crippen LogP contribution in [0, 0.1) is 0 Å². The summed E-state index contributed by atoms with van der Waals surface area (Å²) in [4.78, 5) is 41.2. The van der Waals surface area contributed by atoms with Gasteiger partial charge >= 0.3 is 7.60 Å². The summed E-state index contributed by atoms with van der Waals surface area (Å²) in [5, 5.41) is 9.53. The van der Waals surface area contributed by atoms with Crippen LogP contribution >= 0.6 is 7.60 Å². The number of rotatable bonds is 3. The zero-order valence-electron chi connectivity index (χ0n) is 13.3. The van der Waals surface area contributed by atoms with Gasteiger partial charge in [0, 0.05) is 6.92 Å². The summed E-state index contributed by atoms with van der Waals surface area (Å²) in [5.74, 6) is -0.138. The number of aromatic nitrogens is 4. The van der Waals surface area contributed by atoms with Crippen molar-refractivity contribution in [2.24, 2.45) is 0 Å². The third kappa shape index (κ3) is 2.41. The number of imidazole rings is 1. The Labute approximate surface area is 144 Å². The molecule has 2 saturated heterocycles. The number of aliphatic hydroxyl groups is 1. The minimum absolute atomic E-state index is 0.00321. The molecule has 6 N–H and O–H groups in total. The molecule has 2 aliphatic heterocycles. The second-order valence-corrected chi connectivity index (χ2v) is 8.03. The SMILES string of the molecule is C[C@@]1(P(=O)(O)O)O[C@@H]2[C@H](O1)[C@@H](CO)O[C@H]2n1cnc2c(=O)[nH]c(N)nc21. The molecule has 13 nitrogen and oxygen atoms in total. The summed E-state index contributed by atoms with van der Waals surface area (Å²) in [6.07, 6.45) is -2.56. The Morgan fingerprint density at radius 1 is 1.42 bits per heavy atom. The first-order valence-electron chi connectivity index (χ1n) is 7.54. The van der Waals surface area contributed by atoms with Gasteiger partial charge in [-0.25, -0.2) is 4.98 Å². The van der Waals surface area contributed by atoms with E-state index in [1.54, 1.807) is 0 Å². The zero-order valence-corrected chi connectivity index (χ0v) is 14.2. The topological polar surface area (TPSA) is 195 Å². The van der Waals surface area contributed by atoms with E-state index in [-0.39, 0.29) is 17.1 Å². The van der Waals surface area contributed by atoms with Gasteiger partial charge in [0.05, 0.1) is 12.9 Å². The fourth-order valence-electron chi connectivity index (χ4n) is 3.15. The number of hydrogen-bond donors (Lipinski definition) is 5. The van der Waals surface area contributed by atoms with Crippen molar-refractivity contribution in [1.82, 2.24) is 19.5 Å². The highest BCUT2D eigenvalue weighted by Crippen LogP contribution is 2.59. The Hall–Kier alpha value is -1.86. The van der Waals surface area contributed by atoms with E-state index >= 15 is 0 Å². The van der Waals surface area contributed by atoms with E-state index in [1.165, 1.54) is 10.9 Å². The third-order valence-corrected chi connectivity index (χ3v) is 5.70. The first kappa shape index (κ1) is 17.5. The zero-order chi connectivity index (χ0) is 18.9. The molecule has 142 valence electrons. The van der Waals surface area contributed by atoms with Crippen molar-refractivity contribution in [3.63, 3.8) is 0 Å². The van der Waals surface area contributed by atoms with Crippen LogP contribution in [0.25, 0.3) is 11.2 Å². The van der Waals surface area contributed by atoms with E-state index in [9.17, 15) is 24.3 Å². The number of nitrogens with zero attached hydrogens (tertiary/aromatic N) is 3. The molecule has 0 saturated carbocycles. The summed E-state index contributed by atoms with van der Waals surface area (Å²) in [6, 6.07) is 0. The summed E-state index contributed by atoms with van der Waals surface area (Å²) in [7, 11) is -4.78. The average Bonchev–Trinajstić information content (AvgIpc) is 3.18. The molecule has 0 bridgehead atoms. The lowest BCUT2D eigenvalue weighted by Gasteiger charge is -2.27. The van der Waals surface area contributed by atoms with Crippen LogP contribution in [0.3, 0.4) is 0 Å². The number of nitrogen functional groups attached to an aromatic ring is 1. The van der Waals surface area contributed by atoms with Gasteiger partial charge in [-0.1, -0.05) is 0 Å². The van der Waals surface area contributed by atoms with E-state index in [4.69, 9.17) is 19.9 Å². The number of ether oxygens (including phenoxy) is 3. The van der Waals surface area contributed by atoms with Crippen molar-refractivity contribution in [2.75, 3.05) is 12.3 Å².